The lowest BCUT2D eigenvalue weighted by Crippen LogP contribution is -2.25. The second kappa shape index (κ2) is 6.74. The Morgan fingerprint density at radius 1 is 1.39 bits per heavy atom. The predicted molar refractivity (Wildman–Crippen MR) is 81.9 cm³/mol. The van der Waals surface area contributed by atoms with Gasteiger partial charge in [0.05, 0.1) is 3.79 Å². The van der Waals surface area contributed by atoms with Crippen molar-refractivity contribution < 1.29 is 8.42 Å². The zero-order chi connectivity index (χ0) is 13.0. The van der Waals surface area contributed by atoms with Crippen LogP contribution in [0.2, 0.25) is 0 Å². The van der Waals surface area contributed by atoms with Gasteiger partial charge in [-0.2, -0.15) is 11.8 Å². The van der Waals surface area contributed by atoms with E-state index in [4.69, 9.17) is 0 Å². The fourth-order valence-corrected chi connectivity index (χ4v) is 6.41. The summed E-state index contributed by atoms with van der Waals surface area (Å²) in [4.78, 5) is 0. The summed E-state index contributed by atoms with van der Waals surface area (Å²) in [6.45, 7) is 0.513. The first-order valence-electron chi connectivity index (χ1n) is 5.94. The van der Waals surface area contributed by atoms with Crippen LogP contribution in [0.3, 0.4) is 0 Å². The molecule has 1 saturated carbocycles. The van der Waals surface area contributed by atoms with Crippen LogP contribution in [-0.2, 0) is 10.0 Å². The van der Waals surface area contributed by atoms with E-state index in [1.807, 2.05) is 11.8 Å². The minimum Gasteiger partial charge on any atom is -0.210 e. The zero-order valence-corrected chi connectivity index (χ0v) is 13.9. The molecule has 102 valence electrons. The first-order valence-corrected chi connectivity index (χ1v) is 10.1. The highest BCUT2D eigenvalue weighted by Gasteiger charge is 2.17. The Labute approximate surface area is 125 Å². The van der Waals surface area contributed by atoms with E-state index in [1.54, 1.807) is 12.1 Å². The van der Waals surface area contributed by atoms with Crippen LogP contribution in [0.4, 0.5) is 0 Å². The normalized spacial score (nSPS) is 17.4. The molecule has 0 bridgehead atoms. The number of hydrogen-bond donors (Lipinski definition) is 1. The van der Waals surface area contributed by atoms with Crippen molar-refractivity contribution in [3.05, 3.63) is 15.9 Å². The van der Waals surface area contributed by atoms with Crippen molar-refractivity contribution in [1.29, 1.82) is 0 Å². The SMILES string of the molecule is O=S(=O)(NCCSC1CCCC1)c1ccc(Br)s1. The summed E-state index contributed by atoms with van der Waals surface area (Å²) in [5, 5.41) is 0.741. The third-order valence-electron chi connectivity index (χ3n) is 2.86. The van der Waals surface area contributed by atoms with E-state index in [2.05, 4.69) is 20.7 Å². The molecule has 1 fully saturated rings. The van der Waals surface area contributed by atoms with E-state index in [1.165, 1.54) is 37.0 Å². The van der Waals surface area contributed by atoms with E-state index in [-0.39, 0.29) is 0 Å². The first kappa shape index (κ1) is 14.8. The summed E-state index contributed by atoms with van der Waals surface area (Å²) >= 11 is 6.40. The van der Waals surface area contributed by atoms with Crippen molar-refractivity contribution in [3.8, 4) is 0 Å². The Bertz CT molecular complexity index is 480. The average molecular weight is 370 g/mol. The van der Waals surface area contributed by atoms with E-state index in [0.717, 1.165) is 14.8 Å². The van der Waals surface area contributed by atoms with Crippen LogP contribution in [0.25, 0.3) is 0 Å². The van der Waals surface area contributed by atoms with E-state index < -0.39 is 10.0 Å². The highest BCUT2D eigenvalue weighted by Crippen LogP contribution is 2.29. The number of thioether (sulfide) groups is 1. The number of sulfonamides is 1. The molecule has 1 aromatic rings. The predicted octanol–water partition coefficient (Wildman–Crippen LogP) is 3.46. The largest absolute Gasteiger partial charge is 0.250 e. The lowest BCUT2D eigenvalue weighted by molar-refractivity contribution is 0.586. The minimum absolute atomic E-state index is 0.375. The van der Waals surface area contributed by atoms with E-state index >= 15 is 0 Å². The Morgan fingerprint density at radius 2 is 2.11 bits per heavy atom. The molecule has 0 radical (unpaired) electrons. The van der Waals surface area contributed by atoms with Gasteiger partial charge in [0.15, 0.2) is 0 Å². The summed E-state index contributed by atoms with van der Waals surface area (Å²) in [5.41, 5.74) is 0. The van der Waals surface area contributed by atoms with Crippen molar-refractivity contribution in [2.45, 2.75) is 35.1 Å². The lowest BCUT2D eigenvalue weighted by atomic mass is 10.4. The molecule has 0 saturated heterocycles. The van der Waals surface area contributed by atoms with Gasteiger partial charge in [-0.1, -0.05) is 12.8 Å². The standard InChI is InChI=1S/C11H16BrNO2S3/c12-10-5-6-11(17-10)18(14,15)13-7-8-16-9-3-1-2-4-9/h5-6,9,13H,1-4,7-8H2. The Balaban J connectivity index is 1.75. The summed E-state index contributed by atoms with van der Waals surface area (Å²) < 4.78 is 27.7. The molecule has 0 aliphatic heterocycles. The maximum absolute atomic E-state index is 11.9. The molecule has 1 aliphatic rings. The van der Waals surface area contributed by atoms with Gasteiger partial charge < -0.3 is 0 Å². The van der Waals surface area contributed by atoms with Crippen molar-refractivity contribution in [2.24, 2.45) is 0 Å². The summed E-state index contributed by atoms with van der Waals surface area (Å²) in [5.74, 6) is 0.858. The smallest absolute Gasteiger partial charge is 0.210 e. The number of thiophene rings is 1. The molecule has 7 heteroatoms. The van der Waals surface area contributed by atoms with Gasteiger partial charge >= 0.3 is 0 Å². The molecule has 1 aromatic heterocycles. The Morgan fingerprint density at radius 3 is 2.72 bits per heavy atom. The Hall–Kier alpha value is 0.440. The van der Waals surface area contributed by atoms with Crippen LogP contribution in [0.1, 0.15) is 25.7 Å². The van der Waals surface area contributed by atoms with Crippen LogP contribution in [-0.4, -0.2) is 26.0 Å². The first-order chi connectivity index (χ1) is 8.58. The third kappa shape index (κ3) is 4.23. The number of nitrogens with one attached hydrogen (secondary N) is 1. The van der Waals surface area contributed by atoms with Gasteiger partial charge in [-0.3, -0.25) is 0 Å². The molecule has 0 spiro atoms. The second-order valence-corrected chi connectivity index (χ2v) is 10.1. The molecule has 0 amide bonds. The molecule has 0 aromatic carbocycles. The van der Waals surface area contributed by atoms with Crippen molar-refractivity contribution >= 4 is 49.1 Å². The lowest BCUT2D eigenvalue weighted by Gasteiger charge is -2.09. The fraction of sp³-hybridized carbons (Fsp3) is 0.636. The van der Waals surface area contributed by atoms with Crippen molar-refractivity contribution in [2.75, 3.05) is 12.3 Å². The fourth-order valence-electron chi connectivity index (χ4n) is 1.97. The van der Waals surface area contributed by atoms with Gasteiger partial charge in [0.2, 0.25) is 10.0 Å². The highest BCUT2D eigenvalue weighted by atomic mass is 79.9. The highest BCUT2D eigenvalue weighted by molar-refractivity contribution is 9.11. The molecule has 0 unspecified atom stereocenters. The van der Waals surface area contributed by atoms with Gasteiger partial charge in [-0.05, 0) is 40.9 Å². The van der Waals surface area contributed by atoms with Crippen LogP contribution < -0.4 is 4.72 Å². The van der Waals surface area contributed by atoms with Crippen molar-refractivity contribution in [1.82, 2.24) is 4.72 Å². The molecule has 2 rings (SSSR count). The quantitative estimate of drug-likeness (QED) is 0.780. The third-order valence-corrected chi connectivity index (χ3v) is 7.82. The molecule has 18 heavy (non-hydrogen) atoms. The number of hydrogen-bond acceptors (Lipinski definition) is 4. The van der Waals surface area contributed by atoms with Crippen molar-refractivity contribution in [3.63, 3.8) is 0 Å². The summed E-state index contributed by atoms with van der Waals surface area (Å²) in [7, 11) is -3.31. The second-order valence-electron chi connectivity index (χ2n) is 4.23. The minimum atomic E-state index is -3.31. The molecular formula is C11H16BrNO2S3. The molecule has 1 heterocycles. The van der Waals surface area contributed by atoms with Crippen LogP contribution in [0.15, 0.2) is 20.1 Å². The monoisotopic (exact) mass is 369 g/mol. The topological polar surface area (TPSA) is 46.2 Å². The number of halogens is 1. The van der Waals surface area contributed by atoms with Gasteiger partial charge in [0, 0.05) is 17.5 Å². The van der Waals surface area contributed by atoms with E-state index in [9.17, 15) is 8.42 Å². The van der Waals surface area contributed by atoms with Crippen LogP contribution in [0.5, 0.6) is 0 Å². The molecular weight excluding hydrogens is 354 g/mol. The van der Waals surface area contributed by atoms with Gasteiger partial charge in [-0.15, -0.1) is 11.3 Å². The summed E-state index contributed by atoms with van der Waals surface area (Å²) in [6, 6.07) is 3.38. The summed E-state index contributed by atoms with van der Waals surface area (Å²) in [6.07, 6.45) is 5.23. The zero-order valence-electron chi connectivity index (χ0n) is 9.89. The molecule has 0 atom stereocenters. The average Bonchev–Trinajstić information content (AvgIpc) is 2.95. The van der Waals surface area contributed by atoms with Gasteiger partial charge in [0.25, 0.3) is 0 Å². The molecule has 1 aliphatic carbocycles. The maximum atomic E-state index is 11.9. The number of rotatable bonds is 6. The molecule has 3 nitrogen and oxygen atoms in total. The van der Waals surface area contributed by atoms with E-state index in [0.29, 0.717) is 10.8 Å². The van der Waals surface area contributed by atoms with Gasteiger partial charge in [0.1, 0.15) is 4.21 Å². The van der Waals surface area contributed by atoms with Crippen LogP contribution >= 0.6 is 39.0 Å². The van der Waals surface area contributed by atoms with Gasteiger partial charge in [-0.25, -0.2) is 13.1 Å². The maximum Gasteiger partial charge on any atom is 0.250 e. The Kier molecular flexibility index (Phi) is 5.56. The molecule has 1 N–H and O–H groups in total. The van der Waals surface area contributed by atoms with Crippen LogP contribution in [0, 0.1) is 0 Å².